The molecule has 0 saturated carbocycles. The van der Waals surface area contributed by atoms with Crippen molar-refractivity contribution in [3.8, 4) is 0 Å². The largest absolute Gasteiger partial charge is 0.389 e. The zero-order valence-corrected chi connectivity index (χ0v) is 8.30. The number of nitrogens with two attached hydrogens (primary N) is 1. The average molecular weight is 206 g/mol. The van der Waals surface area contributed by atoms with Crippen LogP contribution in [0.1, 0.15) is 11.1 Å². The van der Waals surface area contributed by atoms with E-state index in [0.717, 1.165) is 16.8 Å². The second-order valence-electron chi connectivity index (χ2n) is 2.97. The SMILES string of the molecule is NC(=S)c1ccc(C2=CCON2)cc1. The third-order valence-corrected chi connectivity index (χ3v) is 2.27. The lowest BCUT2D eigenvalue weighted by Gasteiger charge is -2.04. The first-order chi connectivity index (χ1) is 6.77. The first kappa shape index (κ1) is 9.18. The van der Waals surface area contributed by atoms with Gasteiger partial charge in [-0.2, -0.15) is 0 Å². The first-order valence-electron chi connectivity index (χ1n) is 4.25. The Bertz CT molecular complexity index is 384. The number of hydrogen-bond acceptors (Lipinski definition) is 3. The number of benzene rings is 1. The Morgan fingerprint density at radius 3 is 2.57 bits per heavy atom. The highest BCUT2D eigenvalue weighted by Gasteiger charge is 2.06. The maximum Gasteiger partial charge on any atom is 0.103 e. The van der Waals surface area contributed by atoms with Crippen molar-refractivity contribution in [2.24, 2.45) is 5.73 Å². The highest BCUT2D eigenvalue weighted by molar-refractivity contribution is 7.80. The number of rotatable bonds is 2. The fraction of sp³-hybridized carbons (Fsp3) is 0.100. The Labute approximate surface area is 87.5 Å². The molecule has 1 heterocycles. The molecule has 1 aromatic carbocycles. The van der Waals surface area contributed by atoms with E-state index in [9.17, 15) is 0 Å². The molecule has 4 heteroatoms. The standard InChI is InChI=1S/C10H10N2OS/c11-10(14)8-3-1-7(2-4-8)9-5-6-13-12-9/h1-5,12H,6H2,(H2,11,14). The third kappa shape index (κ3) is 1.76. The van der Waals surface area contributed by atoms with E-state index < -0.39 is 0 Å². The van der Waals surface area contributed by atoms with Gasteiger partial charge in [0, 0.05) is 5.56 Å². The van der Waals surface area contributed by atoms with Crippen LogP contribution in [0.3, 0.4) is 0 Å². The first-order valence-corrected chi connectivity index (χ1v) is 4.66. The van der Waals surface area contributed by atoms with E-state index in [0.29, 0.717) is 11.6 Å². The van der Waals surface area contributed by atoms with Gasteiger partial charge in [0.05, 0.1) is 12.3 Å². The fourth-order valence-electron chi connectivity index (χ4n) is 1.28. The number of thiocarbonyl (C=S) groups is 1. The maximum absolute atomic E-state index is 5.49. The highest BCUT2D eigenvalue weighted by atomic mass is 32.1. The summed E-state index contributed by atoms with van der Waals surface area (Å²) in [6.07, 6.45) is 1.98. The molecule has 1 aromatic rings. The van der Waals surface area contributed by atoms with Crippen LogP contribution in [0.5, 0.6) is 0 Å². The van der Waals surface area contributed by atoms with Crippen LogP contribution in [-0.4, -0.2) is 11.6 Å². The average Bonchev–Trinajstić information content (AvgIpc) is 2.71. The summed E-state index contributed by atoms with van der Waals surface area (Å²) in [6, 6.07) is 7.72. The number of nitrogens with one attached hydrogen (secondary N) is 1. The smallest absolute Gasteiger partial charge is 0.103 e. The molecule has 14 heavy (non-hydrogen) atoms. The van der Waals surface area contributed by atoms with Crippen molar-refractivity contribution in [2.45, 2.75) is 0 Å². The van der Waals surface area contributed by atoms with Gasteiger partial charge in [-0.05, 0) is 11.6 Å². The maximum atomic E-state index is 5.49. The van der Waals surface area contributed by atoms with Crippen molar-refractivity contribution in [3.63, 3.8) is 0 Å². The fourth-order valence-corrected chi connectivity index (χ4v) is 1.41. The summed E-state index contributed by atoms with van der Waals surface area (Å²) >= 11 is 4.86. The van der Waals surface area contributed by atoms with Crippen LogP contribution in [0.2, 0.25) is 0 Å². The third-order valence-electron chi connectivity index (χ3n) is 2.03. The van der Waals surface area contributed by atoms with Crippen LogP contribution >= 0.6 is 12.2 Å². The molecular formula is C10H10N2OS. The van der Waals surface area contributed by atoms with E-state index in [1.807, 2.05) is 30.3 Å². The molecule has 72 valence electrons. The zero-order chi connectivity index (χ0) is 9.97. The molecule has 0 radical (unpaired) electrons. The molecule has 1 aliphatic heterocycles. The van der Waals surface area contributed by atoms with Gasteiger partial charge >= 0.3 is 0 Å². The molecule has 0 aliphatic carbocycles. The van der Waals surface area contributed by atoms with E-state index >= 15 is 0 Å². The van der Waals surface area contributed by atoms with Crippen molar-refractivity contribution in [2.75, 3.05) is 6.61 Å². The van der Waals surface area contributed by atoms with Gasteiger partial charge in [-0.25, -0.2) is 0 Å². The van der Waals surface area contributed by atoms with Gasteiger partial charge in [0.15, 0.2) is 0 Å². The summed E-state index contributed by atoms with van der Waals surface area (Å²) < 4.78 is 0. The lowest BCUT2D eigenvalue weighted by Crippen LogP contribution is -2.09. The quantitative estimate of drug-likeness (QED) is 0.714. The highest BCUT2D eigenvalue weighted by Crippen LogP contribution is 2.15. The Morgan fingerprint density at radius 2 is 2.07 bits per heavy atom. The molecule has 0 atom stereocenters. The van der Waals surface area contributed by atoms with Crippen molar-refractivity contribution in [1.82, 2.24) is 5.48 Å². The molecule has 3 N–H and O–H groups in total. The minimum atomic E-state index is 0.418. The van der Waals surface area contributed by atoms with Crippen molar-refractivity contribution in [1.29, 1.82) is 0 Å². The minimum Gasteiger partial charge on any atom is -0.389 e. The van der Waals surface area contributed by atoms with E-state index in [2.05, 4.69) is 5.48 Å². The summed E-state index contributed by atoms with van der Waals surface area (Å²) in [4.78, 5) is 5.41. The van der Waals surface area contributed by atoms with E-state index in [1.165, 1.54) is 0 Å². The predicted octanol–water partition coefficient (Wildman–Crippen LogP) is 1.20. The Morgan fingerprint density at radius 1 is 1.36 bits per heavy atom. The predicted molar refractivity (Wildman–Crippen MR) is 59.4 cm³/mol. The van der Waals surface area contributed by atoms with Crippen molar-refractivity contribution in [3.05, 3.63) is 41.5 Å². The molecule has 2 rings (SSSR count). The Hall–Kier alpha value is -1.39. The molecule has 3 nitrogen and oxygen atoms in total. The second kappa shape index (κ2) is 3.77. The molecule has 0 saturated heterocycles. The van der Waals surface area contributed by atoms with E-state index in [1.54, 1.807) is 0 Å². The number of hydrogen-bond donors (Lipinski definition) is 2. The molecule has 0 spiro atoms. The lowest BCUT2D eigenvalue weighted by molar-refractivity contribution is 0.121. The monoisotopic (exact) mass is 206 g/mol. The van der Waals surface area contributed by atoms with Crippen molar-refractivity contribution < 1.29 is 4.84 Å². The van der Waals surface area contributed by atoms with Gasteiger partial charge in [-0.1, -0.05) is 36.5 Å². The van der Waals surface area contributed by atoms with Gasteiger partial charge in [0.25, 0.3) is 0 Å². The molecule has 0 bridgehead atoms. The molecule has 1 aliphatic rings. The van der Waals surface area contributed by atoms with Crippen LogP contribution in [0.4, 0.5) is 0 Å². The Balaban J connectivity index is 2.25. The zero-order valence-electron chi connectivity index (χ0n) is 7.49. The van der Waals surface area contributed by atoms with Crippen LogP contribution < -0.4 is 11.2 Å². The van der Waals surface area contributed by atoms with Gasteiger partial charge in [-0.15, -0.1) is 0 Å². The van der Waals surface area contributed by atoms with Gasteiger partial charge in [-0.3, -0.25) is 10.3 Å². The van der Waals surface area contributed by atoms with Gasteiger partial charge in [0.2, 0.25) is 0 Å². The van der Waals surface area contributed by atoms with Crippen LogP contribution in [0.15, 0.2) is 30.3 Å². The summed E-state index contributed by atoms with van der Waals surface area (Å²) in [5, 5.41) is 0. The summed E-state index contributed by atoms with van der Waals surface area (Å²) in [7, 11) is 0. The van der Waals surface area contributed by atoms with Crippen LogP contribution in [0, 0.1) is 0 Å². The lowest BCUT2D eigenvalue weighted by atomic mass is 10.1. The summed E-state index contributed by atoms with van der Waals surface area (Å²) in [5.74, 6) is 0. The van der Waals surface area contributed by atoms with E-state index in [4.69, 9.17) is 22.8 Å². The van der Waals surface area contributed by atoms with Gasteiger partial charge in [0.1, 0.15) is 4.99 Å². The molecule has 0 amide bonds. The minimum absolute atomic E-state index is 0.418. The summed E-state index contributed by atoms with van der Waals surface area (Å²) in [5.41, 5.74) is 11.2. The van der Waals surface area contributed by atoms with Crippen molar-refractivity contribution >= 4 is 22.9 Å². The molecular weight excluding hydrogens is 196 g/mol. The molecule has 0 unspecified atom stereocenters. The van der Waals surface area contributed by atoms with Crippen LogP contribution in [-0.2, 0) is 4.84 Å². The second-order valence-corrected chi connectivity index (χ2v) is 3.41. The van der Waals surface area contributed by atoms with Crippen LogP contribution in [0.25, 0.3) is 5.70 Å². The topological polar surface area (TPSA) is 47.3 Å². The van der Waals surface area contributed by atoms with Gasteiger partial charge < -0.3 is 5.73 Å². The normalized spacial score (nSPS) is 14.7. The summed E-state index contributed by atoms with van der Waals surface area (Å²) in [6.45, 7) is 0.604. The molecule has 0 fully saturated rings. The Kier molecular flexibility index (Phi) is 2.47. The van der Waals surface area contributed by atoms with E-state index in [-0.39, 0.29) is 0 Å². The molecule has 0 aromatic heterocycles. The number of hydroxylamine groups is 1.